The van der Waals surface area contributed by atoms with E-state index >= 15 is 0 Å². The first-order valence-corrected chi connectivity index (χ1v) is 10.2. The summed E-state index contributed by atoms with van der Waals surface area (Å²) in [5.74, 6) is 1.25. The van der Waals surface area contributed by atoms with Crippen LogP contribution < -0.4 is 24.6 Å². The summed E-state index contributed by atoms with van der Waals surface area (Å²) in [4.78, 5) is 16.0. The van der Waals surface area contributed by atoms with Crippen LogP contribution in [0.1, 0.15) is 5.56 Å². The lowest BCUT2D eigenvalue weighted by molar-refractivity contribution is -0.117. The molecule has 0 atom stereocenters. The molecule has 0 unspecified atom stereocenters. The summed E-state index contributed by atoms with van der Waals surface area (Å²) in [7, 11) is 3.26. The Balaban J connectivity index is 1.86. The average molecular weight is 428 g/mol. The van der Waals surface area contributed by atoms with E-state index in [-0.39, 0.29) is 12.5 Å². The number of hydrogen-bond acceptors (Lipinski definition) is 6. The highest BCUT2D eigenvalue weighted by atomic mass is 32.1. The van der Waals surface area contributed by atoms with Crippen molar-refractivity contribution in [3.8, 4) is 22.6 Å². The van der Waals surface area contributed by atoms with Crippen LogP contribution in [0.3, 0.4) is 0 Å². The second kappa shape index (κ2) is 8.49. The van der Waals surface area contributed by atoms with Crippen molar-refractivity contribution in [3.63, 3.8) is 0 Å². The minimum atomic E-state index is -0.0948. The number of amides is 1. The van der Waals surface area contributed by atoms with Crippen LogP contribution in [0.5, 0.6) is 11.5 Å². The number of benzene rings is 2. The fourth-order valence-corrected chi connectivity index (χ4v) is 4.28. The van der Waals surface area contributed by atoms with Crippen LogP contribution in [0.2, 0.25) is 0 Å². The molecule has 2 aliphatic rings. The molecular formula is C22H25N3O4S. The molecule has 8 heteroatoms. The molecule has 0 aromatic heterocycles. The third kappa shape index (κ3) is 3.80. The number of morpholine rings is 1. The number of rotatable bonds is 5. The van der Waals surface area contributed by atoms with Crippen LogP contribution >= 0.6 is 12.2 Å². The molecule has 4 rings (SSSR count). The second-order valence-electron chi connectivity index (χ2n) is 7.27. The summed E-state index contributed by atoms with van der Waals surface area (Å²) < 4.78 is 16.5. The Morgan fingerprint density at radius 2 is 1.80 bits per heavy atom. The molecule has 30 heavy (non-hydrogen) atoms. The lowest BCUT2D eigenvalue weighted by atomic mass is 9.97. The van der Waals surface area contributed by atoms with Crippen molar-refractivity contribution in [1.82, 2.24) is 5.32 Å². The topological polar surface area (TPSA) is 63.3 Å². The summed E-state index contributed by atoms with van der Waals surface area (Å²) in [5, 5.41) is 3.14. The smallest absolute Gasteiger partial charge is 0.246 e. The molecule has 0 radical (unpaired) electrons. The van der Waals surface area contributed by atoms with Crippen LogP contribution in [0.4, 0.5) is 11.4 Å². The number of nitrogens with zero attached hydrogens (tertiary/aromatic N) is 2. The van der Waals surface area contributed by atoms with Crippen molar-refractivity contribution >= 4 is 34.6 Å². The number of thiocarbonyl (C=S) groups is 1. The van der Waals surface area contributed by atoms with Gasteiger partial charge in [-0.25, -0.2) is 0 Å². The quantitative estimate of drug-likeness (QED) is 0.736. The van der Waals surface area contributed by atoms with E-state index in [2.05, 4.69) is 29.3 Å². The van der Waals surface area contributed by atoms with Crippen LogP contribution in [0.15, 0.2) is 30.3 Å². The normalized spacial score (nSPS) is 16.6. The monoisotopic (exact) mass is 427 g/mol. The van der Waals surface area contributed by atoms with Gasteiger partial charge in [-0.05, 0) is 54.5 Å². The standard InChI is InChI=1S/C22H25N3O4S/c1-14-10-16(25-13-20(26)23-22(25)30)12-17(21(14)24-6-8-29-9-7-24)15-4-5-18(27-2)19(11-15)28-3/h4-5,10-12H,6-9,13H2,1-3H3,(H,23,26,30). The number of hydrogen-bond donors (Lipinski definition) is 1. The van der Waals surface area contributed by atoms with E-state index in [0.29, 0.717) is 29.8 Å². The minimum absolute atomic E-state index is 0.0948. The molecule has 2 aromatic carbocycles. The molecule has 0 aliphatic carbocycles. The Morgan fingerprint density at radius 3 is 2.43 bits per heavy atom. The average Bonchev–Trinajstić information content (AvgIpc) is 3.11. The van der Waals surface area contributed by atoms with E-state index in [1.165, 1.54) is 0 Å². The Hall–Kier alpha value is -2.84. The molecular weight excluding hydrogens is 402 g/mol. The van der Waals surface area contributed by atoms with Crippen molar-refractivity contribution < 1.29 is 19.0 Å². The molecule has 7 nitrogen and oxygen atoms in total. The maximum Gasteiger partial charge on any atom is 0.246 e. The van der Waals surface area contributed by atoms with E-state index in [9.17, 15) is 4.79 Å². The molecule has 0 saturated carbocycles. The third-order valence-electron chi connectivity index (χ3n) is 5.41. The zero-order chi connectivity index (χ0) is 21.3. The van der Waals surface area contributed by atoms with Gasteiger partial charge in [-0.15, -0.1) is 0 Å². The van der Waals surface area contributed by atoms with Gasteiger partial charge in [0, 0.05) is 30.0 Å². The predicted molar refractivity (Wildman–Crippen MR) is 121 cm³/mol. The lowest BCUT2D eigenvalue weighted by Crippen LogP contribution is -2.37. The summed E-state index contributed by atoms with van der Waals surface area (Å²) in [6, 6.07) is 10.1. The summed E-state index contributed by atoms with van der Waals surface area (Å²) in [6.07, 6.45) is 0. The van der Waals surface area contributed by atoms with Crippen LogP contribution in [0.25, 0.3) is 11.1 Å². The van der Waals surface area contributed by atoms with Gasteiger partial charge in [0.05, 0.1) is 27.4 Å². The van der Waals surface area contributed by atoms with Crippen molar-refractivity contribution in [1.29, 1.82) is 0 Å². The Morgan fingerprint density at radius 1 is 1.07 bits per heavy atom. The van der Waals surface area contributed by atoms with Gasteiger partial charge in [0.1, 0.15) is 6.54 Å². The first-order valence-electron chi connectivity index (χ1n) is 9.83. The Bertz CT molecular complexity index is 989. The number of carbonyl (C=O) groups is 1. The van der Waals surface area contributed by atoms with Crippen molar-refractivity contribution in [2.45, 2.75) is 6.92 Å². The van der Waals surface area contributed by atoms with E-state index < -0.39 is 0 Å². The summed E-state index contributed by atoms with van der Waals surface area (Å²) in [6.45, 7) is 5.35. The van der Waals surface area contributed by atoms with Crippen molar-refractivity contribution in [2.75, 3.05) is 56.9 Å². The van der Waals surface area contributed by atoms with Crippen LogP contribution in [-0.2, 0) is 9.53 Å². The predicted octanol–water partition coefficient (Wildman–Crippen LogP) is 2.74. The zero-order valence-corrected chi connectivity index (χ0v) is 18.2. The molecule has 0 bridgehead atoms. The maximum absolute atomic E-state index is 11.9. The number of nitrogens with one attached hydrogen (secondary N) is 1. The first kappa shape index (κ1) is 20.4. The largest absolute Gasteiger partial charge is 0.493 e. The summed E-state index contributed by atoms with van der Waals surface area (Å²) >= 11 is 5.36. The van der Waals surface area contributed by atoms with Gasteiger partial charge in [-0.2, -0.15) is 0 Å². The van der Waals surface area contributed by atoms with Crippen molar-refractivity contribution in [3.05, 3.63) is 35.9 Å². The van der Waals surface area contributed by atoms with Gasteiger partial charge in [0.25, 0.3) is 0 Å². The highest BCUT2D eigenvalue weighted by molar-refractivity contribution is 7.80. The van der Waals surface area contributed by atoms with Gasteiger partial charge in [-0.3, -0.25) is 4.79 Å². The number of ether oxygens (including phenoxy) is 3. The molecule has 1 N–H and O–H groups in total. The number of anilines is 2. The zero-order valence-electron chi connectivity index (χ0n) is 17.4. The van der Waals surface area contributed by atoms with Gasteiger partial charge < -0.3 is 29.3 Å². The SMILES string of the molecule is COc1ccc(-c2cc(N3CC(=O)NC3=S)cc(C)c2N2CCOCC2)cc1OC. The van der Waals surface area contributed by atoms with Crippen molar-refractivity contribution in [2.24, 2.45) is 0 Å². The fourth-order valence-electron chi connectivity index (χ4n) is 4.00. The van der Waals surface area contributed by atoms with Crippen LogP contribution in [0, 0.1) is 6.92 Å². The molecule has 2 fully saturated rings. The fraction of sp³-hybridized carbons (Fsp3) is 0.364. The van der Waals surface area contributed by atoms with E-state index in [1.54, 1.807) is 14.2 Å². The number of aryl methyl sites for hydroxylation is 1. The minimum Gasteiger partial charge on any atom is -0.493 e. The second-order valence-corrected chi connectivity index (χ2v) is 7.65. The molecule has 158 valence electrons. The molecule has 2 aromatic rings. The Kier molecular flexibility index (Phi) is 5.78. The number of methoxy groups -OCH3 is 2. The van der Waals surface area contributed by atoms with E-state index in [4.69, 9.17) is 26.4 Å². The highest BCUT2D eigenvalue weighted by Crippen LogP contribution is 2.41. The lowest BCUT2D eigenvalue weighted by Gasteiger charge is -2.33. The molecule has 2 aliphatic heterocycles. The van der Waals surface area contributed by atoms with Gasteiger partial charge in [0.2, 0.25) is 5.91 Å². The molecule has 2 saturated heterocycles. The van der Waals surface area contributed by atoms with Gasteiger partial charge in [-0.1, -0.05) is 6.07 Å². The maximum atomic E-state index is 11.9. The van der Waals surface area contributed by atoms with E-state index in [1.807, 2.05) is 23.1 Å². The molecule has 2 heterocycles. The highest BCUT2D eigenvalue weighted by Gasteiger charge is 2.27. The van der Waals surface area contributed by atoms with Gasteiger partial charge in [0.15, 0.2) is 16.6 Å². The van der Waals surface area contributed by atoms with E-state index in [0.717, 1.165) is 41.2 Å². The number of carbonyl (C=O) groups excluding carboxylic acids is 1. The van der Waals surface area contributed by atoms with Gasteiger partial charge >= 0.3 is 0 Å². The first-order chi connectivity index (χ1) is 14.5. The molecule has 0 spiro atoms. The third-order valence-corrected chi connectivity index (χ3v) is 5.73. The summed E-state index contributed by atoms with van der Waals surface area (Å²) in [5.41, 5.74) is 5.20. The molecule has 1 amide bonds. The Labute approximate surface area is 181 Å². The van der Waals surface area contributed by atoms with Crippen LogP contribution in [-0.4, -0.2) is 58.1 Å².